The summed E-state index contributed by atoms with van der Waals surface area (Å²) >= 11 is 0. The smallest absolute Gasteiger partial charge is 0.404 e. The molecule has 1 saturated carbocycles. The van der Waals surface area contributed by atoms with Crippen LogP contribution in [0.2, 0.25) is 0 Å². The predicted octanol–water partition coefficient (Wildman–Crippen LogP) is 2.31. The molecule has 1 aliphatic rings. The van der Waals surface area contributed by atoms with Gasteiger partial charge in [-0.15, -0.1) is 13.2 Å². The van der Waals surface area contributed by atoms with E-state index in [0.29, 0.717) is 12.5 Å². The third-order valence-corrected chi connectivity index (χ3v) is 2.75. The van der Waals surface area contributed by atoms with Crippen LogP contribution >= 0.6 is 0 Å². The van der Waals surface area contributed by atoms with E-state index < -0.39 is 12.1 Å². The minimum absolute atomic E-state index is 0.215. The summed E-state index contributed by atoms with van der Waals surface area (Å²) in [5.74, 6) is -0.336. The normalized spacial score (nSPS) is 15.1. The maximum absolute atomic E-state index is 12.0. The van der Waals surface area contributed by atoms with Crippen molar-refractivity contribution in [2.24, 2.45) is 5.92 Å². The third-order valence-electron chi connectivity index (χ3n) is 2.75. The first-order chi connectivity index (χ1) is 8.85. The predicted molar refractivity (Wildman–Crippen MR) is 62.6 cm³/mol. The number of ether oxygens (including phenoxy) is 1. The van der Waals surface area contributed by atoms with E-state index in [1.807, 2.05) is 0 Å². The van der Waals surface area contributed by atoms with Crippen LogP contribution in [0.4, 0.5) is 18.9 Å². The van der Waals surface area contributed by atoms with E-state index in [1.54, 1.807) is 0 Å². The Bertz CT molecular complexity index is 484. The van der Waals surface area contributed by atoms with Gasteiger partial charge in [-0.1, -0.05) is 0 Å². The van der Waals surface area contributed by atoms with Gasteiger partial charge in [0, 0.05) is 12.1 Å². The quantitative estimate of drug-likeness (QED) is 0.828. The molecule has 3 N–H and O–H groups in total. The van der Waals surface area contributed by atoms with Crippen molar-refractivity contribution in [3.63, 3.8) is 0 Å². The summed E-state index contributed by atoms with van der Waals surface area (Å²) in [4.78, 5) is 11.7. The highest BCUT2D eigenvalue weighted by atomic mass is 19.4. The summed E-state index contributed by atoms with van der Waals surface area (Å²) in [5.41, 5.74) is 5.42. The van der Waals surface area contributed by atoms with Crippen LogP contribution in [-0.4, -0.2) is 18.8 Å². The molecule has 2 rings (SSSR count). The molecule has 0 heterocycles. The highest BCUT2D eigenvalue weighted by molar-refractivity contribution is 5.95. The molecule has 4 nitrogen and oxygen atoms in total. The fraction of sp³-hybridized carbons (Fsp3) is 0.417. The molecular formula is C12H13F3N2O2. The second-order valence-corrected chi connectivity index (χ2v) is 4.45. The van der Waals surface area contributed by atoms with Gasteiger partial charge >= 0.3 is 6.36 Å². The van der Waals surface area contributed by atoms with Crippen LogP contribution in [0.3, 0.4) is 0 Å². The lowest BCUT2D eigenvalue weighted by molar-refractivity contribution is -0.274. The number of alkyl halides is 3. The van der Waals surface area contributed by atoms with Crippen LogP contribution < -0.4 is 15.8 Å². The molecule has 19 heavy (non-hydrogen) atoms. The second-order valence-electron chi connectivity index (χ2n) is 4.45. The van der Waals surface area contributed by atoms with Crippen LogP contribution in [0.5, 0.6) is 5.75 Å². The summed E-state index contributed by atoms with van der Waals surface area (Å²) < 4.78 is 39.8. The zero-order valence-corrected chi connectivity index (χ0v) is 9.96. The Labute approximate surface area is 107 Å². The van der Waals surface area contributed by atoms with Crippen molar-refractivity contribution in [3.8, 4) is 5.75 Å². The third kappa shape index (κ3) is 4.04. The molecule has 0 spiro atoms. The molecule has 0 radical (unpaired) electrons. The zero-order valence-electron chi connectivity index (χ0n) is 9.96. The molecule has 1 aromatic rings. The molecule has 1 fully saturated rings. The number of halogens is 3. The molecule has 0 aromatic heterocycles. The standard InChI is InChI=1S/C12H13F3N2O2/c13-12(14,15)19-10-4-3-8(5-9(10)16)11(18)17-6-7-1-2-7/h3-5,7H,1-2,6,16H2,(H,17,18). The monoisotopic (exact) mass is 274 g/mol. The first-order valence-electron chi connectivity index (χ1n) is 5.78. The van der Waals surface area contributed by atoms with Crippen LogP contribution in [0.1, 0.15) is 23.2 Å². The Morgan fingerprint density at radius 1 is 1.42 bits per heavy atom. The van der Waals surface area contributed by atoms with Gasteiger partial charge < -0.3 is 15.8 Å². The molecule has 0 bridgehead atoms. The number of nitrogens with two attached hydrogens (primary N) is 1. The van der Waals surface area contributed by atoms with Crippen LogP contribution in [0.25, 0.3) is 0 Å². The van der Waals surface area contributed by atoms with Crippen molar-refractivity contribution in [3.05, 3.63) is 23.8 Å². The van der Waals surface area contributed by atoms with Crippen molar-refractivity contribution < 1.29 is 22.7 Å². The van der Waals surface area contributed by atoms with Crippen LogP contribution in [-0.2, 0) is 0 Å². The fourth-order valence-corrected chi connectivity index (χ4v) is 1.57. The number of rotatable bonds is 4. The first kappa shape index (κ1) is 13.5. The molecule has 0 saturated heterocycles. The van der Waals surface area contributed by atoms with Crippen molar-refractivity contribution in [1.29, 1.82) is 0 Å². The average Bonchev–Trinajstić information content (AvgIpc) is 3.11. The molecule has 0 unspecified atom stereocenters. The summed E-state index contributed by atoms with van der Waals surface area (Å²) in [5, 5.41) is 2.70. The Morgan fingerprint density at radius 2 is 2.11 bits per heavy atom. The number of hydrogen-bond donors (Lipinski definition) is 2. The second kappa shape index (κ2) is 4.99. The van der Waals surface area contributed by atoms with Gasteiger partial charge in [-0.05, 0) is 37.0 Å². The van der Waals surface area contributed by atoms with Gasteiger partial charge in [0.05, 0.1) is 5.69 Å². The lowest BCUT2D eigenvalue weighted by atomic mass is 10.1. The summed E-state index contributed by atoms with van der Waals surface area (Å²) in [6.45, 7) is 0.583. The summed E-state index contributed by atoms with van der Waals surface area (Å²) in [6, 6.07) is 3.46. The number of amides is 1. The molecule has 1 amide bonds. The Hall–Kier alpha value is -1.92. The maximum atomic E-state index is 12.0. The molecule has 0 aliphatic heterocycles. The first-order valence-corrected chi connectivity index (χ1v) is 5.78. The maximum Gasteiger partial charge on any atom is 0.573 e. The van der Waals surface area contributed by atoms with Gasteiger partial charge in [-0.3, -0.25) is 4.79 Å². The van der Waals surface area contributed by atoms with Gasteiger partial charge in [0.2, 0.25) is 0 Å². The minimum atomic E-state index is -4.80. The van der Waals surface area contributed by atoms with Crippen molar-refractivity contribution in [2.45, 2.75) is 19.2 Å². The molecule has 1 aliphatic carbocycles. The number of nitrogens with one attached hydrogen (secondary N) is 1. The van der Waals surface area contributed by atoms with Crippen molar-refractivity contribution in [2.75, 3.05) is 12.3 Å². The number of hydrogen-bond acceptors (Lipinski definition) is 3. The zero-order chi connectivity index (χ0) is 14.0. The molecule has 0 atom stereocenters. The van der Waals surface area contributed by atoms with E-state index in [1.165, 1.54) is 12.1 Å². The number of carbonyl (C=O) groups excluding carboxylic acids is 1. The Balaban J connectivity index is 2.02. The van der Waals surface area contributed by atoms with E-state index in [9.17, 15) is 18.0 Å². The number of carbonyl (C=O) groups is 1. The number of benzene rings is 1. The molecule has 1 aromatic carbocycles. The van der Waals surface area contributed by atoms with Gasteiger partial charge in [0.15, 0.2) is 5.75 Å². The number of anilines is 1. The summed E-state index contributed by atoms with van der Waals surface area (Å²) in [6.07, 6.45) is -2.61. The van der Waals surface area contributed by atoms with Crippen LogP contribution in [0.15, 0.2) is 18.2 Å². The minimum Gasteiger partial charge on any atom is -0.404 e. The van der Waals surface area contributed by atoms with Crippen LogP contribution in [0, 0.1) is 5.92 Å². The lowest BCUT2D eigenvalue weighted by Crippen LogP contribution is -2.25. The topological polar surface area (TPSA) is 64.4 Å². The van der Waals surface area contributed by atoms with E-state index >= 15 is 0 Å². The summed E-state index contributed by atoms with van der Waals surface area (Å²) in [7, 11) is 0. The highest BCUT2D eigenvalue weighted by Gasteiger charge is 2.32. The van der Waals surface area contributed by atoms with E-state index in [4.69, 9.17) is 5.73 Å². The Kier molecular flexibility index (Phi) is 3.55. The van der Waals surface area contributed by atoms with E-state index in [0.717, 1.165) is 18.9 Å². The average molecular weight is 274 g/mol. The lowest BCUT2D eigenvalue weighted by Gasteiger charge is -2.12. The van der Waals surface area contributed by atoms with E-state index in [2.05, 4.69) is 10.1 Å². The van der Waals surface area contributed by atoms with E-state index in [-0.39, 0.29) is 17.2 Å². The van der Waals surface area contributed by atoms with Crippen molar-refractivity contribution in [1.82, 2.24) is 5.32 Å². The fourth-order valence-electron chi connectivity index (χ4n) is 1.57. The largest absolute Gasteiger partial charge is 0.573 e. The molecule has 7 heteroatoms. The van der Waals surface area contributed by atoms with Crippen molar-refractivity contribution >= 4 is 11.6 Å². The highest BCUT2D eigenvalue weighted by Crippen LogP contribution is 2.29. The van der Waals surface area contributed by atoms with Gasteiger partial charge in [0.25, 0.3) is 5.91 Å². The molecular weight excluding hydrogens is 261 g/mol. The van der Waals surface area contributed by atoms with Gasteiger partial charge in [-0.25, -0.2) is 0 Å². The molecule has 104 valence electrons. The van der Waals surface area contributed by atoms with Gasteiger partial charge in [0.1, 0.15) is 0 Å². The van der Waals surface area contributed by atoms with Gasteiger partial charge in [-0.2, -0.15) is 0 Å². The number of nitrogen functional groups attached to an aromatic ring is 1. The SMILES string of the molecule is Nc1cc(C(=O)NCC2CC2)ccc1OC(F)(F)F. The Morgan fingerprint density at radius 3 is 2.63 bits per heavy atom.